The molecule has 0 aromatic heterocycles. The molecule has 0 aliphatic carbocycles. The molecule has 1 aromatic rings. The molecule has 0 bridgehead atoms. The van der Waals surface area contributed by atoms with Crippen molar-refractivity contribution in [3.63, 3.8) is 0 Å². The summed E-state index contributed by atoms with van der Waals surface area (Å²) < 4.78 is 4.88. The molecule has 0 fully saturated rings. The zero-order valence-corrected chi connectivity index (χ0v) is 11.6. The quantitative estimate of drug-likeness (QED) is 0.611. The van der Waals surface area contributed by atoms with Crippen molar-refractivity contribution in [3.8, 4) is 0 Å². The number of carbonyl (C=O) groups is 2. The molecule has 1 amide bonds. The molecule has 8 heteroatoms. The monoisotopic (exact) mass is 296 g/mol. The second-order valence-corrected chi connectivity index (χ2v) is 4.52. The van der Waals surface area contributed by atoms with Gasteiger partial charge in [-0.15, -0.1) is 0 Å². The van der Waals surface area contributed by atoms with E-state index < -0.39 is 28.9 Å². The number of hydrogen-bond donors (Lipinski definition) is 2. The lowest BCUT2D eigenvalue weighted by Crippen LogP contribution is -2.39. The maximum Gasteiger partial charge on any atom is 0.407 e. The van der Waals surface area contributed by atoms with Crippen LogP contribution in [0, 0.1) is 10.1 Å². The third kappa shape index (κ3) is 4.75. The number of amides is 1. The molecule has 114 valence electrons. The standard InChI is InChI=1S/C13H16N2O6/c1-8(7-21-13(18)14-9(2)12(16)17)10-5-3-4-6-11(10)15(19)20/h3-6,8-9H,7H2,1-2H3,(H,14,18)(H,16,17). The van der Waals surface area contributed by atoms with Crippen LogP contribution in [0.25, 0.3) is 0 Å². The van der Waals surface area contributed by atoms with Crippen LogP contribution in [-0.4, -0.2) is 34.7 Å². The molecule has 1 aromatic carbocycles. The first-order valence-electron chi connectivity index (χ1n) is 6.22. The van der Waals surface area contributed by atoms with Crippen molar-refractivity contribution >= 4 is 17.7 Å². The van der Waals surface area contributed by atoms with Crippen molar-refractivity contribution in [2.24, 2.45) is 0 Å². The van der Waals surface area contributed by atoms with E-state index in [0.717, 1.165) is 0 Å². The molecule has 1 rings (SSSR count). The molecule has 2 N–H and O–H groups in total. The fourth-order valence-electron chi connectivity index (χ4n) is 1.64. The molecular weight excluding hydrogens is 280 g/mol. The maximum absolute atomic E-state index is 11.4. The fraction of sp³-hybridized carbons (Fsp3) is 0.385. The van der Waals surface area contributed by atoms with Crippen LogP contribution in [0.1, 0.15) is 25.3 Å². The van der Waals surface area contributed by atoms with Gasteiger partial charge >= 0.3 is 12.1 Å². The average molecular weight is 296 g/mol. The summed E-state index contributed by atoms with van der Waals surface area (Å²) in [5, 5.41) is 21.7. The molecule has 0 aliphatic heterocycles. The smallest absolute Gasteiger partial charge is 0.407 e. The number of carbonyl (C=O) groups excluding carboxylic acids is 1. The van der Waals surface area contributed by atoms with E-state index >= 15 is 0 Å². The topological polar surface area (TPSA) is 119 Å². The Morgan fingerprint density at radius 2 is 2.00 bits per heavy atom. The highest BCUT2D eigenvalue weighted by Crippen LogP contribution is 2.26. The third-order valence-electron chi connectivity index (χ3n) is 2.83. The average Bonchev–Trinajstić information content (AvgIpc) is 2.44. The number of hydrogen-bond acceptors (Lipinski definition) is 5. The van der Waals surface area contributed by atoms with Crippen molar-refractivity contribution in [1.82, 2.24) is 5.32 Å². The summed E-state index contributed by atoms with van der Waals surface area (Å²) in [6, 6.07) is 5.10. The molecule has 21 heavy (non-hydrogen) atoms. The van der Waals surface area contributed by atoms with Crippen LogP contribution in [0.3, 0.4) is 0 Å². The lowest BCUT2D eigenvalue weighted by Gasteiger charge is -2.14. The van der Waals surface area contributed by atoms with Gasteiger partial charge in [-0.2, -0.15) is 0 Å². The molecule has 0 heterocycles. The van der Waals surface area contributed by atoms with Crippen LogP contribution < -0.4 is 5.32 Å². The highest BCUT2D eigenvalue weighted by atomic mass is 16.6. The number of nitro benzene ring substituents is 1. The van der Waals surface area contributed by atoms with Gasteiger partial charge in [0, 0.05) is 17.5 Å². The number of aliphatic carboxylic acids is 1. The Morgan fingerprint density at radius 3 is 2.57 bits per heavy atom. The highest BCUT2D eigenvalue weighted by Gasteiger charge is 2.20. The SMILES string of the molecule is CC(NC(=O)OCC(C)c1ccccc1[N+](=O)[O-])C(=O)O. The first-order chi connectivity index (χ1) is 9.82. The number of carboxylic acid groups (broad SMARTS) is 1. The number of alkyl carbamates (subject to hydrolysis) is 1. The van der Waals surface area contributed by atoms with Gasteiger partial charge < -0.3 is 15.2 Å². The van der Waals surface area contributed by atoms with Gasteiger partial charge in [-0.3, -0.25) is 14.9 Å². The normalized spacial score (nSPS) is 13.0. The van der Waals surface area contributed by atoms with Crippen molar-refractivity contribution in [3.05, 3.63) is 39.9 Å². The van der Waals surface area contributed by atoms with E-state index in [-0.39, 0.29) is 12.3 Å². The molecule has 2 unspecified atom stereocenters. The number of ether oxygens (including phenoxy) is 1. The van der Waals surface area contributed by atoms with E-state index in [1.165, 1.54) is 13.0 Å². The summed E-state index contributed by atoms with van der Waals surface area (Å²) in [6.07, 6.45) is -0.879. The molecule has 2 atom stereocenters. The van der Waals surface area contributed by atoms with Gasteiger partial charge in [-0.1, -0.05) is 25.1 Å². The second kappa shape index (κ2) is 7.22. The van der Waals surface area contributed by atoms with Gasteiger partial charge in [0.25, 0.3) is 5.69 Å². The Morgan fingerprint density at radius 1 is 1.38 bits per heavy atom. The van der Waals surface area contributed by atoms with Crippen LogP contribution in [0.2, 0.25) is 0 Å². The number of nitrogens with zero attached hydrogens (tertiary/aromatic N) is 1. The van der Waals surface area contributed by atoms with Crippen LogP contribution in [0.15, 0.2) is 24.3 Å². The van der Waals surface area contributed by atoms with Gasteiger partial charge in [-0.25, -0.2) is 4.79 Å². The van der Waals surface area contributed by atoms with E-state index in [1.807, 2.05) is 0 Å². The first kappa shape index (κ1) is 16.4. The molecule has 0 saturated heterocycles. The minimum absolute atomic E-state index is 0.0482. The Kier molecular flexibility index (Phi) is 5.65. The van der Waals surface area contributed by atoms with Crippen LogP contribution in [-0.2, 0) is 9.53 Å². The van der Waals surface area contributed by atoms with Crippen molar-refractivity contribution in [2.45, 2.75) is 25.8 Å². The van der Waals surface area contributed by atoms with E-state index in [4.69, 9.17) is 9.84 Å². The third-order valence-corrected chi connectivity index (χ3v) is 2.83. The molecule has 0 saturated carbocycles. The lowest BCUT2D eigenvalue weighted by molar-refractivity contribution is -0.385. The maximum atomic E-state index is 11.4. The summed E-state index contributed by atoms with van der Waals surface area (Å²) in [4.78, 5) is 32.4. The Labute approximate surface area is 120 Å². The summed E-state index contributed by atoms with van der Waals surface area (Å²) in [6.45, 7) is 2.88. The lowest BCUT2D eigenvalue weighted by atomic mass is 10.0. The molecule has 8 nitrogen and oxygen atoms in total. The largest absolute Gasteiger partial charge is 0.480 e. The van der Waals surface area contributed by atoms with Gasteiger partial charge in [0.15, 0.2) is 0 Å². The second-order valence-electron chi connectivity index (χ2n) is 4.52. The van der Waals surface area contributed by atoms with Crippen molar-refractivity contribution in [1.29, 1.82) is 0 Å². The number of carboxylic acids is 1. The van der Waals surface area contributed by atoms with Crippen LogP contribution in [0.5, 0.6) is 0 Å². The van der Waals surface area contributed by atoms with Gasteiger partial charge in [0.2, 0.25) is 0 Å². The van der Waals surface area contributed by atoms with Crippen molar-refractivity contribution < 1.29 is 24.4 Å². The number of benzene rings is 1. The molecular formula is C13H16N2O6. The number of nitro groups is 1. The minimum atomic E-state index is -1.18. The van der Waals surface area contributed by atoms with Crippen LogP contribution >= 0.6 is 0 Å². The Balaban J connectivity index is 2.62. The Hall–Kier alpha value is -2.64. The van der Waals surface area contributed by atoms with Gasteiger partial charge in [0.1, 0.15) is 12.6 Å². The summed E-state index contributed by atoms with van der Waals surface area (Å²) in [7, 11) is 0. The van der Waals surface area contributed by atoms with Crippen molar-refractivity contribution in [2.75, 3.05) is 6.61 Å². The highest BCUT2D eigenvalue weighted by molar-refractivity contribution is 5.79. The van der Waals surface area contributed by atoms with Gasteiger partial charge in [-0.05, 0) is 6.92 Å². The zero-order valence-electron chi connectivity index (χ0n) is 11.6. The first-order valence-corrected chi connectivity index (χ1v) is 6.22. The Bertz CT molecular complexity index is 545. The summed E-state index contributed by atoms with van der Waals surface area (Å²) in [5.41, 5.74) is 0.398. The molecule has 0 spiro atoms. The zero-order chi connectivity index (χ0) is 16.0. The van der Waals surface area contributed by atoms with E-state index in [9.17, 15) is 19.7 Å². The summed E-state index contributed by atoms with van der Waals surface area (Å²) in [5.74, 6) is -1.57. The number of rotatable bonds is 6. The summed E-state index contributed by atoms with van der Waals surface area (Å²) >= 11 is 0. The van der Waals surface area contributed by atoms with Gasteiger partial charge in [0.05, 0.1) is 4.92 Å². The van der Waals surface area contributed by atoms with E-state index in [0.29, 0.717) is 5.56 Å². The molecule has 0 radical (unpaired) electrons. The van der Waals surface area contributed by atoms with E-state index in [2.05, 4.69) is 5.32 Å². The van der Waals surface area contributed by atoms with Crippen LogP contribution in [0.4, 0.5) is 10.5 Å². The predicted octanol–water partition coefficient (Wildman–Crippen LogP) is 1.90. The predicted molar refractivity (Wildman–Crippen MR) is 73.1 cm³/mol. The fourth-order valence-corrected chi connectivity index (χ4v) is 1.64. The number of para-hydroxylation sites is 1. The van der Waals surface area contributed by atoms with E-state index in [1.54, 1.807) is 25.1 Å². The molecule has 0 aliphatic rings. The number of nitrogens with one attached hydrogen (secondary N) is 1. The minimum Gasteiger partial charge on any atom is -0.480 e.